The molecule has 0 aliphatic heterocycles. The topological polar surface area (TPSA) is 137 Å². The number of phenols is 2. The Labute approximate surface area is 174 Å². The van der Waals surface area contributed by atoms with Gasteiger partial charge >= 0.3 is 6.09 Å². The highest BCUT2D eigenvalue weighted by Gasteiger charge is 2.16. The molecule has 0 aromatic heterocycles. The third-order valence-corrected chi connectivity index (χ3v) is 3.62. The van der Waals surface area contributed by atoms with E-state index >= 15 is 0 Å². The van der Waals surface area contributed by atoms with Crippen molar-refractivity contribution >= 4 is 23.6 Å². The number of phenolic OH excluding ortho intramolecular Hbond substituents is 2. The fraction of sp³-hybridized carbons (Fsp3) is 0.286. The molecule has 0 bridgehead atoms. The fourth-order valence-corrected chi connectivity index (χ4v) is 2.44. The Balaban J connectivity index is 1.87. The normalized spacial score (nSPS) is 10.8. The van der Waals surface area contributed by atoms with E-state index in [0.717, 1.165) is 6.07 Å². The van der Waals surface area contributed by atoms with E-state index in [2.05, 4.69) is 16.0 Å². The number of rotatable bonds is 6. The van der Waals surface area contributed by atoms with Gasteiger partial charge in [-0.3, -0.25) is 9.59 Å². The second kappa shape index (κ2) is 9.64. The van der Waals surface area contributed by atoms with Crippen LogP contribution in [0.25, 0.3) is 0 Å². The highest BCUT2D eigenvalue weighted by atomic mass is 16.6. The van der Waals surface area contributed by atoms with Crippen LogP contribution in [0, 0.1) is 0 Å². The second-order valence-corrected chi connectivity index (χ2v) is 7.52. The SMILES string of the molecule is CC(C)(C)OC(=O)NCC(=O)Nc1cccc(CNC(=O)c2cc(O)cc(O)c2)c1. The van der Waals surface area contributed by atoms with E-state index in [0.29, 0.717) is 11.3 Å². The summed E-state index contributed by atoms with van der Waals surface area (Å²) in [5, 5.41) is 26.6. The van der Waals surface area contributed by atoms with Crippen LogP contribution in [0.3, 0.4) is 0 Å². The van der Waals surface area contributed by atoms with Gasteiger partial charge in [0.1, 0.15) is 23.6 Å². The fourth-order valence-electron chi connectivity index (χ4n) is 2.44. The lowest BCUT2D eigenvalue weighted by atomic mass is 10.1. The molecule has 30 heavy (non-hydrogen) atoms. The Morgan fingerprint density at radius 1 is 0.967 bits per heavy atom. The van der Waals surface area contributed by atoms with Crippen LogP contribution in [0.2, 0.25) is 0 Å². The molecule has 0 heterocycles. The monoisotopic (exact) mass is 415 g/mol. The van der Waals surface area contributed by atoms with E-state index in [-0.39, 0.29) is 30.2 Å². The van der Waals surface area contributed by atoms with Gasteiger partial charge in [0, 0.05) is 23.9 Å². The zero-order valence-corrected chi connectivity index (χ0v) is 17.0. The summed E-state index contributed by atoms with van der Waals surface area (Å²) in [6.45, 7) is 5.08. The van der Waals surface area contributed by atoms with Gasteiger partial charge in [-0.1, -0.05) is 12.1 Å². The number of carbonyl (C=O) groups excluding carboxylic acids is 3. The van der Waals surface area contributed by atoms with Crippen LogP contribution in [-0.4, -0.2) is 40.3 Å². The summed E-state index contributed by atoms with van der Waals surface area (Å²) >= 11 is 0. The first kappa shape index (κ1) is 22.5. The predicted octanol–water partition coefficient (Wildman–Crippen LogP) is 2.49. The zero-order chi connectivity index (χ0) is 22.3. The molecule has 0 unspecified atom stereocenters. The Morgan fingerprint density at radius 2 is 1.63 bits per heavy atom. The van der Waals surface area contributed by atoms with Crippen molar-refractivity contribution in [1.82, 2.24) is 10.6 Å². The summed E-state index contributed by atoms with van der Waals surface area (Å²) in [5.41, 5.74) is 0.667. The van der Waals surface area contributed by atoms with Gasteiger partial charge in [-0.05, 0) is 50.6 Å². The number of benzene rings is 2. The number of carbonyl (C=O) groups is 3. The molecule has 9 nitrogen and oxygen atoms in total. The maximum Gasteiger partial charge on any atom is 0.408 e. The van der Waals surface area contributed by atoms with Gasteiger partial charge in [0.05, 0.1) is 0 Å². The molecule has 0 spiro atoms. The van der Waals surface area contributed by atoms with Crippen molar-refractivity contribution in [2.45, 2.75) is 32.9 Å². The minimum atomic E-state index is -0.688. The first-order valence-corrected chi connectivity index (χ1v) is 9.19. The minimum absolute atomic E-state index is 0.116. The summed E-state index contributed by atoms with van der Waals surface area (Å²) in [5.74, 6) is -1.34. The largest absolute Gasteiger partial charge is 0.508 e. The summed E-state index contributed by atoms with van der Waals surface area (Å²) in [4.78, 5) is 35.8. The average Bonchev–Trinajstić information content (AvgIpc) is 2.62. The molecule has 0 atom stereocenters. The molecule has 0 radical (unpaired) electrons. The van der Waals surface area contributed by atoms with E-state index in [1.165, 1.54) is 12.1 Å². The van der Waals surface area contributed by atoms with Gasteiger partial charge in [-0.15, -0.1) is 0 Å². The molecule has 0 fully saturated rings. The Morgan fingerprint density at radius 3 is 2.27 bits per heavy atom. The van der Waals surface area contributed by atoms with Gasteiger partial charge in [-0.25, -0.2) is 4.79 Å². The first-order chi connectivity index (χ1) is 14.0. The molecule has 0 aliphatic carbocycles. The van der Waals surface area contributed by atoms with E-state index in [1.807, 2.05) is 0 Å². The van der Waals surface area contributed by atoms with Crippen LogP contribution in [0.5, 0.6) is 11.5 Å². The number of alkyl carbamates (subject to hydrolysis) is 1. The molecule has 160 valence electrons. The number of hydrogen-bond donors (Lipinski definition) is 5. The van der Waals surface area contributed by atoms with Crippen molar-refractivity contribution in [3.63, 3.8) is 0 Å². The molecule has 2 aromatic rings. The van der Waals surface area contributed by atoms with Gasteiger partial charge in [0.15, 0.2) is 0 Å². The highest BCUT2D eigenvalue weighted by molar-refractivity contribution is 5.95. The van der Waals surface area contributed by atoms with Gasteiger partial charge in [0.25, 0.3) is 5.91 Å². The van der Waals surface area contributed by atoms with Gasteiger partial charge in [-0.2, -0.15) is 0 Å². The Hall–Kier alpha value is -3.75. The van der Waals surface area contributed by atoms with Gasteiger partial charge in [0.2, 0.25) is 5.91 Å². The van der Waals surface area contributed by atoms with Crippen LogP contribution >= 0.6 is 0 Å². The van der Waals surface area contributed by atoms with Gasteiger partial charge < -0.3 is 30.9 Å². The smallest absolute Gasteiger partial charge is 0.408 e. The van der Waals surface area contributed by atoms with E-state index in [1.54, 1.807) is 45.0 Å². The molecule has 0 aliphatic rings. The van der Waals surface area contributed by atoms with E-state index in [9.17, 15) is 24.6 Å². The number of hydrogen-bond acceptors (Lipinski definition) is 6. The molecule has 3 amide bonds. The molecular formula is C21H25N3O6. The van der Waals surface area contributed by atoms with E-state index < -0.39 is 23.5 Å². The summed E-state index contributed by atoms with van der Waals surface area (Å²) in [7, 11) is 0. The molecule has 9 heteroatoms. The van der Waals surface area contributed by atoms with Crippen molar-refractivity contribution in [3.8, 4) is 11.5 Å². The van der Waals surface area contributed by atoms with Crippen LogP contribution < -0.4 is 16.0 Å². The summed E-state index contributed by atoms with van der Waals surface area (Å²) in [6.07, 6.45) is -0.688. The minimum Gasteiger partial charge on any atom is -0.508 e. The second-order valence-electron chi connectivity index (χ2n) is 7.52. The third-order valence-electron chi connectivity index (χ3n) is 3.62. The highest BCUT2D eigenvalue weighted by Crippen LogP contribution is 2.20. The van der Waals surface area contributed by atoms with Crippen molar-refractivity contribution in [1.29, 1.82) is 0 Å². The first-order valence-electron chi connectivity index (χ1n) is 9.19. The number of nitrogens with one attached hydrogen (secondary N) is 3. The van der Waals surface area contributed by atoms with Crippen LogP contribution in [0.15, 0.2) is 42.5 Å². The predicted molar refractivity (Wildman–Crippen MR) is 110 cm³/mol. The van der Waals surface area contributed by atoms with Crippen molar-refractivity contribution in [2.24, 2.45) is 0 Å². The van der Waals surface area contributed by atoms with E-state index in [4.69, 9.17) is 4.74 Å². The molecule has 0 saturated carbocycles. The Kier molecular flexibility index (Phi) is 7.24. The van der Waals surface area contributed by atoms with Crippen molar-refractivity contribution in [3.05, 3.63) is 53.6 Å². The van der Waals surface area contributed by atoms with Crippen molar-refractivity contribution < 1.29 is 29.3 Å². The lowest BCUT2D eigenvalue weighted by Gasteiger charge is -2.19. The molecule has 2 rings (SSSR count). The van der Waals surface area contributed by atoms with Crippen LogP contribution in [-0.2, 0) is 16.1 Å². The Bertz CT molecular complexity index is 916. The maximum absolute atomic E-state index is 12.2. The summed E-state index contributed by atoms with van der Waals surface area (Å²) < 4.78 is 5.06. The molecule has 2 aromatic carbocycles. The number of anilines is 1. The van der Waals surface area contributed by atoms with Crippen LogP contribution in [0.4, 0.5) is 10.5 Å². The third kappa shape index (κ3) is 7.70. The van der Waals surface area contributed by atoms with Crippen molar-refractivity contribution in [2.75, 3.05) is 11.9 Å². The molecule has 0 saturated heterocycles. The number of aromatic hydroxyl groups is 2. The lowest BCUT2D eigenvalue weighted by Crippen LogP contribution is -2.37. The van der Waals surface area contributed by atoms with Crippen LogP contribution in [0.1, 0.15) is 36.7 Å². The zero-order valence-electron chi connectivity index (χ0n) is 17.0. The maximum atomic E-state index is 12.2. The number of amides is 3. The number of ether oxygens (including phenoxy) is 1. The average molecular weight is 415 g/mol. The summed E-state index contributed by atoms with van der Waals surface area (Å²) in [6, 6.07) is 10.4. The molecule has 5 N–H and O–H groups in total. The molecular weight excluding hydrogens is 390 g/mol. The standard InChI is InChI=1S/C21H25N3O6/c1-21(2,3)30-20(29)23-12-18(27)24-15-6-4-5-13(7-15)11-22-19(28)14-8-16(25)10-17(26)9-14/h4-10,25-26H,11-12H2,1-3H3,(H,22,28)(H,23,29)(H,24,27). The quantitative estimate of drug-likeness (QED) is 0.492. The lowest BCUT2D eigenvalue weighted by molar-refractivity contribution is -0.115.